The fraction of sp³-hybridized carbons (Fsp3) is 1.00. The molecule has 0 amide bonds. The van der Waals surface area contributed by atoms with E-state index in [-0.39, 0.29) is 0 Å². The third-order valence-electron chi connectivity index (χ3n) is 5.65. The predicted octanol–water partition coefficient (Wildman–Crippen LogP) is 9.24. The Hall–Kier alpha value is 0.360. The van der Waals surface area contributed by atoms with Crippen LogP contribution in [0.15, 0.2) is 0 Å². The zero-order valence-corrected chi connectivity index (χ0v) is 23.6. The first-order valence-corrected chi connectivity index (χ1v) is 15.3. The molecule has 0 aromatic rings. The molecule has 0 radical (unpaired) electrons. The van der Waals surface area contributed by atoms with E-state index in [0.717, 1.165) is 44.6 Å². The molecule has 0 rings (SSSR count). The molecule has 0 aromatic carbocycles. The number of halogens is 1. The fourth-order valence-corrected chi connectivity index (χ4v) is 3.89. The zero-order chi connectivity index (χ0) is 23.8. The molecular weight excluding hydrogens is 464 g/mol. The normalized spacial score (nSPS) is 10.9. The van der Waals surface area contributed by atoms with Crippen LogP contribution in [0.5, 0.6) is 0 Å². The van der Waals surface area contributed by atoms with Crippen molar-refractivity contribution in [1.82, 2.24) is 0 Å². The Labute approximate surface area is 210 Å². The predicted molar refractivity (Wildman–Crippen MR) is 146 cm³/mol. The van der Waals surface area contributed by atoms with Gasteiger partial charge < -0.3 is 14.6 Å². The van der Waals surface area contributed by atoms with Crippen LogP contribution in [0.1, 0.15) is 142 Å². The summed E-state index contributed by atoms with van der Waals surface area (Å²) < 4.78 is 11.2. The topological polar surface area (TPSA) is 38.7 Å². The highest BCUT2D eigenvalue weighted by Crippen LogP contribution is 2.06. The second kappa shape index (κ2) is 35.9. The number of hydrogen-bond acceptors (Lipinski definition) is 3. The molecular formula is C28H59BrO3. The SMILES string of the molecule is CCCCCCCOCCCCCCCBr.CCCCCCCOCCCCCCCO. The summed E-state index contributed by atoms with van der Waals surface area (Å²) >= 11 is 3.45. The molecule has 1 N–H and O–H groups in total. The Balaban J connectivity index is 0. The van der Waals surface area contributed by atoms with Gasteiger partial charge >= 0.3 is 0 Å². The maximum atomic E-state index is 8.60. The van der Waals surface area contributed by atoms with Crippen molar-refractivity contribution in [3.63, 3.8) is 0 Å². The first-order valence-electron chi connectivity index (χ1n) is 14.2. The highest BCUT2D eigenvalue weighted by atomic mass is 79.9. The molecule has 0 aliphatic carbocycles. The van der Waals surface area contributed by atoms with Crippen LogP contribution >= 0.6 is 15.9 Å². The Morgan fingerprint density at radius 1 is 0.438 bits per heavy atom. The Bertz CT molecular complexity index is 234. The van der Waals surface area contributed by atoms with Crippen molar-refractivity contribution in [3.8, 4) is 0 Å². The Morgan fingerprint density at radius 3 is 1.09 bits per heavy atom. The van der Waals surface area contributed by atoms with E-state index in [0.29, 0.717) is 6.61 Å². The minimum absolute atomic E-state index is 0.342. The molecule has 0 atom stereocenters. The van der Waals surface area contributed by atoms with Crippen LogP contribution in [-0.4, -0.2) is 43.5 Å². The quantitative estimate of drug-likeness (QED) is 0.0907. The van der Waals surface area contributed by atoms with E-state index < -0.39 is 0 Å². The van der Waals surface area contributed by atoms with Crippen molar-refractivity contribution in [1.29, 1.82) is 0 Å². The maximum absolute atomic E-state index is 8.60. The number of aliphatic hydroxyl groups is 1. The molecule has 0 spiro atoms. The lowest BCUT2D eigenvalue weighted by Crippen LogP contribution is -1.97. The summed E-state index contributed by atoms with van der Waals surface area (Å²) in [5, 5.41) is 9.76. The number of aliphatic hydroxyl groups excluding tert-OH is 1. The van der Waals surface area contributed by atoms with Gasteiger partial charge in [0.1, 0.15) is 0 Å². The molecule has 0 heterocycles. The smallest absolute Gasteiger partial charge is 0.0466 e. The second-order valence-electron chi connectivity index (χ2n) is 9.00. The van der Waals surface area contributed by atoms with Gasteiger partial charge in [-0.1, -0.05) is 120 Å². The number of ether oxygens (including phenoxy) is 2. The summed E-state index contributed by atoms with van der Waals surface area (Å²) in [7, 11) is 0. The molecule has 0 bridgehead atoms. The lowest BCUT2D eigenvalue weighted by atomic mass is 10.1. The first-order chi connectivity index (χ1) is 15.8. The van der Waals surface area contributed by atoms with Crippen LogP contribution in [-0.2, 0) is 9.47 Å². The van der Waals surface area contributed by atoms with Gasteiger partial charge in [-0.3, -0.25) is 0 Å². The third kappa shape index (κ3) is 37.7. The van der Waals surface area contributed by atoms with Crippen molar-refractivity contribution in [2.75, 3.05) is 38.4 Å². The van der Waals surface area contributed by atoms with E-state index in [4.69, 9.17) is 14.6 Å². The van der Waals surface area contributed by atoms with Crippen molar-refractivity contribution in [3.05, 3.63) is 0 Å². The second-order valence-corrected chi connectivity index (χ2v) is 9.79. The average molecular weight is 524 g/mol. The monoisotopic (exact) mass is 522 g/mol. The molecule has 0 fully saturated rings. The van der Waals surface area contributed by atoms with E-state index in [9.17, 15) is 0 Å². The first kappa shape index (κ1) is 34.5. The van der Waals surface area contributed by atoms with Crippen molar-refractivity contribution < 1.29 is 14.6 Å². The van der Waals surface area contributed by atoms with Crippen LogP contribution in [0.2, 0.25) is 0 Å². The van der Waals surface area contributed by atoms with Crippen molar-refractivity contribution in [2.24, 2.45) is 0 Å². The molecule has 0 aliphatic heterocycles. The van der Waals surface area contributed by atoms with Gasteiger partial charge in [0.25, 0.3) is 0 Å². The number of hydrogen-bond donors (Lipinski definition) is 1. The van der Waals surface area contributed by atoms with Gasteiger partial charge in [-0.15, -0.1) is 0 Å². The highest BCUT2D eigenvalue weighted by molar-refractivity contribution is 9.09. The summed E-state index contributed by atoms with van der Waals surface area (Å²) in [5.74, 6) is 0. The molecule has 4 heteroatoms. The summed E-state index contributed by atoms with van der Waals surface area (Å²) in [6.07, 6.45) is 25.7. The van der Waals surface area contributed by atoms with E-state index >= 15 is 0 Å². The van der Waals surface area contributed by atoms with Gasteiger partial charge in [0.15, 0.2) is 0 Å². The van der Waals surface area contributed by atoms with Crippen LogP contribution < -0.4 is 0 Å². The van der Waals surface area contributed by atoms with Crippen LogP contribution in [0.4, 0.5) is 0 Å². The largest absolute Gasteiger partial charge is 0.396 e. The van der Waals surface area contributed by atoms with Crippen molar-refractivity contribution >= 4 is 15.9 Å². The molecule has 0 aromatic heterocycles. The molecule has 196 valence electrons. The van der Waals surface area contributed by atoms with Gasteiger partial charge in [-0.25, -0.2) is 0 Å². The van der Waals surface area contributed by atoms with Crippen LogP contribution in [0, 0.1) is 0 Å². The third-order valence-corrected chi connectivity index (χ3v) is 6.21. The molecule has 0 aliphatic rings. The summed E-state index contributed by atoms with van der Waals surface area (Å²) in [5.41, 5.74) is 0. The molecule has 3 nitrogen and oxygen atoms in total. The van der Waals surface area contributed by atoms with Gasteiger partial charge in [0.2, 0.25) is 0 Å². The summed E-state index contributed by atoms with van der Waals surface area (Å²) in [4.78, 5) is 0. The summed E-state index contributed by atoms with van der Waals surface area (Å²) in [6, 6.07) is 0. The average Bonchev–Trinajstić information content (AvgIpc) is 2.81. The molecule has 0 saturated carbocycles. The van der Waals surface area contributed by atoms with E-state index in [1.54, 1.807) is 0 Å². The van der Waals surface area contributed by atoms with E-state index in [2.05, 4.69) is 29.8 Å². The van der Waals surface area contributed by atoms with Crippen LogP contribution in [0.3, 0.4) is 0 Å². The standard InChI is InChI=1S/C14H29BrO.C14H30O2/c2*1-2-3-4-7-10-13-16-14-11-8-5-6-9-12-15/h2-14H2,1H3;15H,2-14H2,1H3. The van der Waals surface area contributed by atoms with Gasteiger partial charge in [0, 0.05) is 38.4 Å². The van der Waals surface area contributed by atoms with E-state index in [1.807, 2.05) is 0 Å². The van der Waals surface area contributed by atoms with Gasteiger partial charge in [-0.05, 0) is 38.5 Å². The number of rotatable bonds is 26. The minimum Gasteiger partial charge on any atom is -0.396 e. The minimum atomic E-state index is 0.342. The van der Waals surface area contributed by atoms with Gasteiger partial charge in [-0.2, -0.15) is 0 Å². The maximum Gasteiger partial charge on any atom is 0.0466 e. The number of unbranched alkanes of at least 4 members (excludes halogenated alkanes) is 16. The zero-order valence-electron chi connectivity index (χ0n) is 22.0. The molecule has 32 heavy (non-hydrogen) atoms. The molecule has 0 saturated heterocycles. The number of alkyl halides is 1. The summed E-state index contributed by atoms with van der Waals surface area (Å²) in [6.45, 7) is 8.66. The lowest BCUT2D eigenvalue weighted by Gasteiger charge is -2.04. The highest BCUT2D eigenvalue weighted by Gasteiger charge is 1.93. The van der Waals surface area contributed by atoms with Crippen LogP contribution in [0.25, 0.3) is 0 Å². The fourth-order valence-electron chi connectivity index (χ4n) is 3.49. The Morgan fingerprint density at radius 2 is 0.750 bits per heavy atom. The van der Waals surface area contributed by atoms with Crippen molar-refractivity contribution in [2.45, 2.75) is 142 Å². The molecule has 0 unspecified atom stereocenters. The lowest BCUT2D eigenvalue weighted by molar-refractivity contribution is 0.125. The van der Waals surface area contributed by atoms with Gasteiger partial charge in [0.05, 0.1) is 0 Å². The van der Waals surface area contributed by atoms with E-state index in [1.165, 1.54) is 116 Å². The Kier molecular flexibility index (Phi) is 38.8.